The summed E-state index contributed by atoms with van der Waals surface area (Å²) < 4.78 is 2.04. The van der Waals surface area contributed by atoms with Crippen molar-refractivity contribution in [2.75, 3.05) is 0 Å². The highest BCUT2D eigenvalue weighted by atomic mass is 15.3. The summed E-state index contributed by atoms with van der Waals surface area (Å²) in [5, 5.41) is 7.98. The first-order chi connectivity index (χ1) is 7.41. The van der Waals surface area contributed by atoms with Gasteiger partial charge in [0.15, 0.2) is 0 Å². The fourth-order valence-electron chi connectivity index (χ4n) is 1.71. The number of rotatable bonds is 5. The molecular formula is C13H23N3. The van der Waals surface area contributed by atoms with Gasteiger partial charge in [-0.2, -0.15) is 5.10 Å². The second kappa shape index (κ2) is 5.30. The lowest BCUT2D eigenvalue weighted by Gasteiger charge is -2.09. The second-order valence-electron chi connectivity index (χ2n) is 4.80. The number of allylic oxidation sites excluding steroid dienone is 1. The van der Waals surface area contributed by atoms with Crippen LogP contribution in [0.1, 0.15) is 37.7 Å². The average molecular weight is 221 g/mol. The zero-order valence-corrected chi connectivity index (χ0v) is 11.1. The molecule has 3 nitrogen and oxygen atoms in total. The topological polar surface area (TPSA) is 29.9 Å². The molecule has 1 aromatic rings. The van der Waals surface area contributed by atoms with Gasteiger partial charge in [-0.15, -0.1) is 0 Å². The summed E-state index contributed by atoms with van der Waals surface area (Å²) in [7, 11) is 0. The second-order valence-corrected chi connectivity index (χ2v) is 4.80. The Morgan fingerprint density at radius 1 is 1.44 bits per heavy atom. The van der Waals surface area contributed by atoms with Crippen LogP contribution < -0.4 is 5.32 Å². The fourth-order valence-corrected chi connectivity index (χ4v) is 1.71. The maximum absolute atomic E-state index is 4.54. The van der Waals surface area contributed by atoms with Crippen LogP contribution in [0.3, 0.4) is 0 Å². The first-order valence-corrected chi connectivity index (χ1v) is 5.82. The number of aryl methyl sites for hydroxylation is 1. The van der Waals surface area contributed by atoms with Gasteiger partial charge in [-0.1, -0.05) is 26.0 Å². The van der Waals surface area contributed by atoms with E-state index in [0.29, 0.717) is 6.04 Å². The predicted molar refractivity (Wildman–Crippen MR) is 68.5 cm³/mol. The maximum atomic E-state index is 4.54. The van der Waals surface area contributed by atoms with Crippen molar-refractivity contribution in [1.29, 1.82) is 0 Å². The van der Waals surface area contributed by atoms with Crippen LogP contribution in [0.4, 0.5) is 0 Å². The van der Waals surface area contributed by atoms with Gasteiger partial charge >= 0.3 is 0 Å². The van der Waals surface area contributed by atoms with Gasteiger partial charge in [0.25, 0.3) is 0 Å². The lowest BCUT2D eigenvalue weighted by molar-refractivity contribution is 0.584. The van der Waals surface area contributed by atoms with Crippen LogP contribution in [-0.4, -0.2) is 15.8 Å². The van der Waals surface area contributed by atoms with Crippen LogP contribution in [0, 0.1) is 13.8 Å². The Balaban J connectivity index is 2.84. The molecular weight excluding hydrogens is 198 g/mol. The molecule has 1 aromatic heterocycles. The van der Waals surface area contributed by atoms with E-state index < -0.39 is 0 Å². The molecule has 0 aliphatic heterocycles. The minimum Gasteiger partial charge on any atom is -0.310 e. The maximum Gasteiger partial charge on any atom is 0.0641 e. The van der Waals surface area contributed by atoms with Gasteiger partial charge < -0.3 is 5.32 Å². The predicted octanol–water partition coefficient (Wildman–Crippen LogP) is 2.57. The molecule has 1 rings (SSSR count). The van der Waals surface area contributed by atoms with Gasteiger partial charge in [-0.3, -0.25) is 4.68 Å². The van der Waals surface area contributed by atoms with Gasteiger partial charge in [-0.05, 0) is 20.8 Å². The molecule has 3 heteroatoms. The van der Waals surface area contributed by atoms with Crippen molar-refractivity contribution in [1.82, 2.24) is 15.1 Å². The molecule has 0 saturated heterocycles. The first-order valence-electron chi connectivity index (χ1n) is 5.82. The van der Waals surface area contributed by atoms with E-state index in [9.17, 15) is 0 Å². The monoisotopic (exact) mass is 221 g/mol. The molecule has 0 atom stereocenters. The molecule has 0 spiro atoms. The summed E-state index contributed by atoms with van der Waals surface area (Å²) in [6, 6.07) is 0.503. The third-order valence-corrected chi connectivity index (χ3v) is 2.64. The molecule has 0 radical (unpaired) electrons. The Morgan fingerprint density at radius 3 is 2.56 bits per heavy atom. The molecule has 0 aromatic carbocycles. The lowest BCUT2D eigenvalue weighted by Crippen LogP contribution is -2.22. The number of nitrogens with zero attached hydrogens (tertiary/aromatic N) is 2. The van der Waals surface area contributed by atoms with Gasteiger partial charge in [0.05, 0.1) is 12.2 Å². The van der Waals surface area contributed by atoms with E-state index in [1.165, 1.54) is 11.3 Å². The van der Waals surface area contributed by atoms with E-state index in [1.807, 2.05) is 11.6 Å². The lowest BCUT2D eigenvalue weighted by atomic mass is 10.2. The molecule has 0 aliphatic rings. The number of hydrogen-bond donors (Lipinski definition) is 1. The van der Waals surface area contributed by atoms with Crippen molar-refractivity contribution < 1.29 is 0 Å². The molecule has 90 valence electrons. The summed E-state index contributed by atoms with van der Waals surface area (Å²) >= 11 is 0. The van der Waals surface area contributed by atoms with Crippen molar-refractivity contribution in [3.63, 3.8) is 0 Å². The minimum absolute atomic E-state index is 0.503. The molecule has 0 saturated carbocycles. The summed E-state index contributed by atoms with van der Waals surface area (Å²) in [6.07, 6.45) is 0. The van der Waals surface area contributed by atoms with E-state index >= 15 is 0 Å². The highest BCUT2D eigenvalue weighted by molar-refractivity contribution is 5.24. The zero-order valence-electron chi connectivity index (χ0n) is 11.1. The van der Waals surface area contributed by atoms with E-state index in [2.05, 4.69) is 44.7 Å². The van der Waals surface area contributed by atoms with Crippen molar-refractivity contribution in [3.8, 4) is 0 Å². The van der Waals surface area contributed by atoms with Gasteiger partial charge in [0.2, 0.25) is 0 Å². The summed E-state index contributed by atoms with van der Waals surface area (Å²) in [4.78, 5) is 0. The van der Waals surface area contributed by atoms with E-state index in [-0.39, 0.29) is 0 Å². The van der Waals surface area contributed by atoms with Crippen molar-refractivity contribution >= 4 is 0 Å². The van der Waals surface area contributed by atoms with Crippen molar-refractivity contribution in [2.24, 2.45) is 0 Å². The highest BCUT2D eigenvalue weighted by Gasteiger charge is 2.11. The summed E-state index contributed by atoms with van der Waals surface area (Å²) in [5.41, 5.74) is 4.81. The largest absolute Gasteiger partial charge is 0.310 e. The molecule has 0 amide bonds. The third kappa shape index (κ3) is 3.20. The smallest absolute Gasteiger partial charge is 0.0641 e. The van der Waals surface area contributed by atoms with Crippen LogP contribution >= 0.6 is 0 Å². The number of aromatic nitrogens is 2. The Labute approximate surface area is 98.5 Å². The molecule has 0 aliphatic carbocycles. The molecule has 1 N–H and O–H groups in total. The number of nitrogens with one attached hydrogen (secondary N) is 1. The molecule has 0 fully saturated rings. The van der Waals surface area contributed by atoms with Crippen molar-refractivity contribution in [2.45, 2.75) is 53.8 Å². The zero-order chi connectivity index (χ0) is 12.3. The quantitative estimate of drug-likeness (QED) is 0.774. The number of hydrogen-bond acceptors (Lipinski definition) is 2. The normalized spacial score (nSPS) is 11.1. The van der Waals surface area contributed by atoms with E-state index in [4.69, 9.17) is 0 Å². The van der Waals surface area contributed by atoms with E-state index in [1.54, 1.807) is 0 Å². The van der Waals surface area contributed by atoms with Gasteiger partial charge in [0, 0.05) is 23.8 Å². The van der Waals surface area contributed by atoms with Gasteiger partial charge in [-0.25, -0.2) is 0 Å². The highest BCUT2D eigenvalue weighted by Crippen LogP contribution is 2.14. The van der Waals surface area contributed by atoms with Gasteiger partial charge in [0.1, 0.15) is 0 Å². The molecule has 16 heavy (non-hydrogen) atoms. The van der Waals surface area contributed by atoms with Crippen molar-refractivity contribution in [3.05, 3.63) is 29.1 Å². The van der Waals surface area contributed by atoms with Crippen LogP contribution in [0.25, 0.3) is 0 Å². The summed E-state index contributed by atoms with van der Waals surface area (Å²) in [5.74, 6) is 0. The Hall–Kier alpha value is -1.09. The molecule has 0 bridgehead atoms. The van der Waals surface area contributed by atoms with Crippen LogP contribution in [-0.2, 0) is 13.1 Å². The Kier molecular flexibility index (Phi) is 4.30. The van der Waals surface area contributed by atoms with Crippen LogP contribution in [0.5, 0.6) is 0 Å². The third-order valence-electron chi connectivity index (χ3n) is 2.64. The average Bonchev–Trinajstić information content (AvgIpc) is 2.39. The van der Waals surface area contributed by atoms with Crippen LogP contribution in [0.15, 0.2) is 12.2 Å². The Bertz CT molecular complexity index is 375. The van der Waals surface area contributed by atoms with Crippen LogP contribution in [0.2, 0.25) is 0 Å². The fraction of sp³-hybridized carbons (Fsp3) is 0.615. The standard InChI is InChI=1S/C13H23N3/c1-9(2)8-16-12(6)13(11(5)15-16)7-14-10(3)4/h10,14H,1,7-8H2,2-6H3. The summed E-state index contributed by atoms with van der Waals surface area (Å²) in [6.45, 7) is 16.2. The Morgan fingerprint density at radius 2 is 2.06 bits per heavy atom. The SMILES string of the molecule is C=C(C)Cn1nc(C)c(CNC(C)C)c1C. The minimum atomic E-state index is 0.503. The molecule has 0 unspecified atom stereocenters. The molecule has 1 heterocycles. The first kappa shape index (κ1) is 13.0. The van der Waals surface area contributed by atoms with E-state index in [0.717, 1.165) is 24.4 Å².